The first-order valence-corrected chi connectivity index (χ1v) is 8.25. The maximum Gasteiger partial charge on any atom is 0.142 e. The van der Waals surface area contributed by atoms with E-state index in [4.69, 9.17) is 4.74 Å². The molecule has 1 fully saturated rings. The van der Waals surface area contributed by atoms with Gasteiger partial charge in [0.15, 0.2) is 0 Å². The Morgan fingerprint density at radius 1 is 1.29 bits per heavy atom. The van der Waals surface area contributed by atoms with Crippen molar-refractivity contribution >= 4 is 17.1 Å². The fourth-order valence-corrected chi connectivity index (χ4v) is 3.73. The lowest BCUT2D eigenvalue weighted by atomic mass is 9.89. The Bertz CT molecular complexity index is 811. The summed E-state index contributed by atoms with van der Waals surface area (Å²) in [5.41, 5.74) is 4.74. The van der Waals surface area contributed by atoms with Crippen molar-refractivity contribution in [2.24, 2.45) is 0 Å². The Hall–Kier alpha value is -2.71. The predicted molar refractivity (Wildman–Crippen MR) is 95.1 cm³/mol. The molecule has 0 saturated carbocycles. The smallest absolute Gasteiger partial charge is 0.142 e. The van der Waals surface area contributed by atoms with E-state index in [1.165, 1.54) is 5.56 Å². The third-order valence-electron chi connectivity index (χ3n) is 4.89. The zero-order valence-corrected chi connectivity index (χ0v) is 13.6. The lowest BCUT2D eigenvalue weighted by Gasteiger charge is -2.26. The number of hydrogen-bond donors (Lipinski definition) is 3. The van der Waals surface area contributed by atoms with E-state index in [2.05, 4.69) is 28.1 Å². The molecule has 122 valence electrons. The summed E-state index contributed by atoms with van der Waals surface area (Å²) >= 11 is 0. The van der Waals surface area contributed by atoms with E-state index in [9.17, 15) is 5.26 Å². The molecule has 3 N–H and O–H groups in total. The van der Waals surface area contributed by atoms with E-state index in [-0.39, 0.29) is 0 Å². The number of nitriles is 1. The minimum absolute atomic E-state index is 0.417. The number of nitrogens with one attached hydrogen (secondary N) is 3. The Morgan fingerprint density at radius 3 is 3.00 bits per heavy atom. The van der Waals surface area contributed by atoms with Crippen LogP contribution in [0.5, 0.6) is 5.75 Å². The largest absolute Gasteiger partial charge is 0.495 e. The van der Waals surface area contributed by atoms with Crippen molar-refractivity contribution in [3.63, 3.8) is 0 Å². The van der Waals surface area contributed by atoms with Crippen LogP contribution in [0.25, 0.3) is 0 Å². The van der Waals surface area contributed by atoms with Crippen LogP contribution in [0, 0.1) is 11.3 Å². The van der Waals surface area contributed by atoms with Gasteiger partial charge in [-0.3, -0.25) is 0 Å². The lowest BCUT2D eigenvalue weighted by Crippen LogP contribution is -2.38. The third-order valence-corrected chi connectivity index (χ3v) is 4.89. The minimum Gasteiger partial charge on any atom is -0.495 e. The third kappa shape index (κ3) is 2.45. The number of benzene rings is 2. The molecule has 0 unspecified atom stereocenters. The first-order valence-electron chi connectivity index (χ1n) is 8.25. The van der Waals surface area contributed by atoms with Crippen LogP contribution in [0.15, 0.2) is 36.4 Å². The second-order valence-electron chi connectivity index (χ2n) is 6.28. The van der Waals surface area contributed by atoms with Crippen LogP contribution in [0.1, 0.15) is 23.5 Å². The monoisotopic (exact) mass is 320 g/mol. The number of nitrogens with zero attached hydrogens (tertiary/aromatic N) is 1. The molecule has 2 atom stereocenters. The van der Waals surface area contributed by atoms with Gasteiger partial charge in [0, 0.05) is 24.2 Å². The highest BCUT2D eigenvalue weighted by Crippen LogP contribution is 2.42. The summed E-state index contributed by atoms with van der Waals surface area (Å²) in [5.74, 6) is 1.20. The Labute approximate surface area is 141 Å². The average molecular weight is 320 g/mol. The summed E-state index contributed by atoms with van der Waals surface area (Å²) in [7, 11) is 1.66. The molecular weight excluding hydrogens is 300 g/mol. The molecular formula is C19H20N4O. The quantitative estimate of drug-likeness (QED) is 0.810. The second kappa shape index (κ2) is 6.06. The zero-order chi connectivity index (χ0) is 16.5. The molecule has 2 aromatic rings. The first kappa shape index (κ1) is 14.9. The van der Waals surface area contributed by atoms with Crippen LogP contribution in [0.4, 0.5) is 17.1 Å². The van der Waals surface area contributed by atoms with Gasteiger partial charge in [0.05, 0.1) is 24.0 Å². The van der Waals surface area contributed by atoms with Gasteiger partial charge in [-0.25, -0.2) is 0 Å². The van der Waals surface area contributed by atoms with Crippen molar-refractivity contribution in [2.45, 2.75) is 18.4 Å². The van der Waals surface area contributed by atoms with E-state index in [1.54, 1.807) is 7.11 Å². The molecule has 0 amide bonds. The summed E-state index contributed by atoms with van der Waals surface area (Å²) in [5, 5.41) is 20.0. The zero-order valence-electron chi connectivity index (χ0n) is 13.6. The molecule has 2 aliphatic heterocycles. The Morgan fingerprint density at radius 2 is 2.17 bits per heavy atom. The normalized spacial score (nSPS) is 21.2. The summed E-state index contributed by atoms with van der Waals surface area (Å²) in [6.07, 6.45) is 1.08. The van der Waals surface area contributed by atoms with Crippen molar-refractivity contribution in [2.75, 3.05) is 30.8 Å². The molecule has 0 spiro atoms. The Kier molecular flexibility index (Phi) is 3.75. The molecule has 0 radical (unpaired) electrons. The average Bonchev–Trinajstić information content (AvgIpc) is 3.00. The summed E-state index contributed by atoms with van der Waals surface area (Å²) < 4.78 is 5.40. The van der Waals surface area contributed by atoms with Crippen LogP contribution < -0.4 is 20.7 Å². The summed E-state index contributed by atoms with van der Waals surface area (Å²) in [4.78, 5) is 0. The SMILES string of the molecule is COc1ccccc1Nc1cc(C#N)c2c(c1)[C@H]1CNCC[C@H]1N2. The molecule has 2 heterocycles. The van der Waals surface area contributed by atoms with Gasteiger partial charge in [0.1, 0.15) is 11.8 Å². The maximum absolute atomic E-state index is 9.57. The molecule has 0 aliphatic carbocycles. The van der Waals surface area contributed by atoms with E-state index in [0.29, 0.717) is 17.5 Å². The lowest BCUT2D eigenvalue weighted by molar-refractivity contribution is 0.417. The first-order chi connectivity index (χ1) is 11.8. The molecule has 0 aromatic heterocycles. The predicted octanol–water partition coefficient (Wildman–Crippen LogP) is 3.18. The molecule has 0 bridgehead atoms. The fraction of sp³-hybridized carbons (Fsp3) is 0.316. The van der Waals surface area contributed by atoms with Gasteiger partial charge in [-0.2, -0.15) is 5.26 Å². The standard InChI is InChI=1S/C19H20N4O/c1-24-18-5-3-2-4-17(18)22-13-8-12(10-20)19-14(9-13)15-11-21-7-6-16(15)23-19/h2-5,8-9,15-16,21-23H,6-7,11H2,1H3/t15-,16-/m1/s1. The number of rotatable bonds is 3. The van der Waals surface area contributed by atoms with Gasteiger partial charge in [0.2, 0.25) is 0 Å². The molecule has 2 aromatic carbocycles. The highest BCUT2D eigenvalue weighted by molar-refractivity contribution is 5.76. The summed E-state index contributed by atoms with van der Waals surface area (Å²) in [6.45, 7) is 1.98. The highest BCUT2D eigenvalue weighted by atomic mass is 16.5. The van der Waals surface area contributed by atoms with E-state index < -0.39 is 0 Å². The molecule has 2 aliphatic rings. The number of ether oxygens (including phenoxy) is 1. The van der Waals surface area contributed by atoms with Crippen LogP contribution >= 0.6 is 0 Å². The van der Waals surface area contributed by atoms with Gasteiger partial charge < -0.3 is 20.7 Å². The van der Waals surface area contributed by atoms with E-state index in [0.717, 1.165) is 42.3 Å². The van der Waals surface area contributed by atoms with Crippen molar-refractivity contribution in [1.82, 2.24) is 5.32 Å². The van der Waals surface area contributed by atoms with Crippen LogP contribution in [0.3, 0.4) is 0 Å². The topological polar surface area (TPSA) is 69.1 Å². The summed E-state index contributed by atoms with van der Waals surface area (Å²) in [6, 6.07) is 14.6. The van der Waals surface area contributed by atoms with E-state index in [1.807, 2.05) is 30.3 Å². The number of piperidine rings is 1. The van der Waals surface area contributed by atoms with Gasteiger partial charge >= 0.3 is 0 Å². The van der Waals surface area contributed by atoms with Crippen LogP contribution in [-0.4, -0.2) is 26.2 Å². The van der Waals surface area contributed by atoms with Crippen molar-refractivity contribution in [3.05, 3.63) is 47.5 Å². The fourth-order valence-electron chi connectivity index (χ4n) is 3.73. The van der Waals surface area contributed by atoms with E-state index >= 15 is 0 Å². The molecule has 4 rings (SSSR count). The number of anilines is 3. The Balaban J connectivity index is 1.72. The highest BCUT2D eigenvalue weighted by Gasteiger charge is 2.35. The number of para-hydroxylation sites is 2. The van der Waals surface area contributed by atoms with Crippen LogP contribution in [0.2, 0.25) is 0 Å². The molecule has 5 nitrogen and oxygen atoms in total. The van der Waals surface area contributed by atoms with Crippen molar-refractivity contribution in [1.29, 1.82) is 5.26 Å². The number of hydrogen-bond acceptors (Lipinski definition) is 5. The molecule has 24 heavy (non-hydrogen) atoms. The number of methoxy groups -OCH3 is 1. The minimum atomic E-state index is 0.417. The van der Waals surface area contributed by atoms with Gasteiger partial charge in [-0.1, -0.05) is 12.1 Å². The molecule has 1 saturated heterocycles. The van der Waals surface area contributed by atoms with Crippen molar-refractivity contribution in [3.8, 4) is 11.8 Å². The second-order valence-corrected chi connectivity index (χ2v) is 6.28. The number of fused-ring (bicyclic) bond motifs is 3. The maximum atomic E-state index is 9.57. The molecule has 5 heteroatoms. The van der Waals surface area contributed by atoms with Gasteiger partial charge in [-0.15, -0.1) is 0 Å². The van der Waals surface area contributed by atoms with Crippen LogP contribution in [-0.2, 0) is 0 Å². The van der Waals surface area contributed by atoms with Gasteiger partial charge in [0.25, 0.3) is 0 Å². The van der Waals surface area contributed by atoms with Gasteiger partial charge in [-0.05, 0) is 42.8 Å². The van der Waals surface area contributed by atoms with Crippen molar-refractivity contribution < 1.29 is 4.74 Å².